The minimum atomic E-state index is 0.710. The Balaban J connectivity index is 2.64. The van der Waals surface area contributed by atoms with Crippen molar-refractivity contribution in [3.63, 3.8) is 0 Å². The van der Waals surface area contributed by atoms with Crippen LogP contribution in [-0.2, 0) is 0 Å². The highest BCUT2D eigenvalue weighted by Gasteiger charge is 2.23. The quantitative estimate of drug-likeness (QED) is 0.560. The van der Waals surface area contributed by atoms with Gasteiger partial charge in [-0.15, -0.1) is 0 Å². The van der Waals surface area contributed by atoms with Gasteiger partial charge in [0.15, 0.2) is 0 Å². The molecule has 0 aromatic heterocycles. The molecule has 5 heteroatoms. The molecular formula is C16H35N5. The number of hydrazine groups is 2. The van der Waals surface area contributed by atoms with Crippen molar-refractivity contribution in [3.05, 3.63) is 12.4 Å². The van der Waals surface area contributed by atoms with Crippen molar-refractivity contribution in [3.8, 4) is 0 Å². The molecule has 0 unspecified atom stereocenters. The standard InChI is InChI=1S/C16H35N5/c1-4-7-11-19(12-8-5-2)21(10-6-3)20-15-14-18(16-20)13-9-17/h14-15H,4-13,16-17H2,1-3H3. The van der Waals surface area contributed by atoms with Crippen molar-refractivity contribution in [1.82, 2.24) is 20.0 Å². The molecule has 0 bridgehead atoms. The topological polar surface area (TPSA) is 39.0 Å². The number of hydrogen-bond acceptors (Lipinski definition) is 5. The Bertz CT molecular complexity index is 274. The summed E-state index contributed by atoms with van der Waals surface area (Å²) in [6.07, 6.45) is 10.5. The first-order chi connectivity index (χ1) is 10.3. The first-order valence-electron chi connectivity index (χ1n) is 8.68. The van der Waals surface area contributed by atoms with Crippen molar-refractivity contribution in [2.24, 2.45) is 5.73 Å². The Kier molecular flexibility index (Phi) is 9.46. The van der Waals surface area contributed by atoms with Gasteiger partial charge in [0.1, 0.15) is 6.67 Å². The second-order valence-electron chi connectivity index (χ2n) is 5.74. The third-order valence-electron chi connectivity index (χ3n) is 3.78. The molecule has 0 aromatic carbocycles. The van der Waals surface area contributed by atoms with E-state index in [0.29, 0.717) is 6.54 Å². The molecule has 1 aliphatic rings. The zero-order valence-electron chi connectivity index (χ0n) is 14.3. The molecule has 0 fully saturated rings. The minimum absolute atomic E-state index is 0.710. The average molecular weight is 297 g/mol. The Morgan fingerprint density at radius 1 is 0.952 bits per heavy atom. The second kappa shape index (κ2) is 10.9. The van der Waals surface area contributed by atoms with Gasteiger partial charge in [0.2, 0.25) is 0 Å². The fraction of sp³-hybridized carbons (Fsp3) is 0.875. The Hall–Kier alpha value is -0.780. The highest BCUT2D eigenvalue weighted by Crippen LogP contribution is 2.15. The molecule has 2 N–H and O–H groups in total. The first kappa shape index (κ1) is 18.3. The van der Waals surface area contributed by atoms with Crippen LogP contribution in [0.1, 0.15) is 52.9 Å². The van der Waals surface area contributed by atoms with Crippen molar-refractivity contribution in [2.75, 3.05) is 39.4 Å². The maximum Gasteiger partial charge on any atom is 0.106 e. The van der Waals surface area contributed by atoms with Gasteiger partial charge in [0.05, 0.1) is 0 Å². The van der Waals surface area contributed by atoms with Crippen LogP contribution in [0, 0.1) is 0 Å². The molecule has 124 valence electrons. The van der Waals surface area contributed by atoms with Crippen molar-refractivity contribution >= 4 is 0 Å². The van der Waals surface area contributed by atoms with E-state index in [9.17, 15) is 0 Å². The maximum atomic E-state index is 5.66. The molecular weight excluding hydrogens is 262 g/mol. The van der Waals surface area contributed by atoms with Crippen LogP contribution in [0.3, 0.4) is 0 Å². The molecule has 0 spiro atoms. The van der Waals surface area contributed by atoms with Crippen LogP contribution in [0.25, 0.3) is 0 Å². The summed E-state index contributed by atoms with van der Waals surface area (Å²) in [7, 11) is 0. The average Bonchev–Trinajstić information content (AvgIpc) is 2.94. The van der Waals surface area contributed by atoms with E-state index in [1.807, 2.05) is 0 Å². The molecule has 0 amide bonds. The highest BCUT2D eigenvalue weighted by molar-refractivity contribution is 4.89. The van der Waals surface area contributed by atoms with Crippen LogP contribution >= 0.6 is 0 Å². The molecule has 1 rings (SSSR count). The SMILES string of the molecule is CCCCN(CCCC)N(CCC)N1C=CN(CCN)C1. The van der Waals surface area contributed by atoms with Crippen LogP contribution in [0.15, 0.2) is 12.4 Å². The third kappa shape index (κ3) is 6.24. The first-order valence-corrected chi connectivity index (χ1v) is 8.68. The largest absolute Gasteiger partial charge is 0.356 e. The van der Waals surface area contributed by atoms with E-state index in [2.05, 4.69) is 53.2 Å². The fourth-order valence-electron chi connectivity index (χ4n) is 2.57. The lowest BCUT2D eigenvalue weighted by molar-refractivity contribution is -0.167. The number of unbranched alkanes of at least 4 members (excludes halogenated alkanes) is 2. The zero-order valence-corrected chi connectivity index (χ0v) is 14.3. The highest BCUT2D eigenvalue weighted by atomic mass is 15.9. The molecule has 1 heterocycles. The summed E-state index contributed by atoms with van der Waals surface area (Å²) in [6.45, 7) is 12.7. The summed E-state index contributed by atoms with van der Waals surface area (Å²) in [5.74, 6) is 0. The van der Waals surface area contributed by atoms with E-state index < -0.39 is 0 Å². The number of nitrogens with two attached hydrogens (primary N) is 1. The lowest BCUT2D eigenvalue weighted by Crippen LogP contribution is -2.53. The summed E-state index contributed by atoms with van der Waals surface area (Å²) in [4.78, 5) is 2.28. The predicted octanol–water partition coefficient (Wildman–Crippen LogP) is 2.44. The van der Waals surface area contributed by atoms with E-state index in [1.165, 1.54) is 25.7 Å². The Morgan fingerprint density at radius 3 is 2.14 bits per heavy atom. The van der Waals surface area contributed by atoms with Gasteiger partial charge in [-0.2, -0.15) is 5.12 Å². The summed E-state index contributed by atoms with van der Waals surface area (Å²) < 4.78 is 0. The van der Waals surface area contributed by atoms with Crippen LogP contribution in [0.2, 0.25) is 0 Å². The molecule has 0 saturated carbocycles. The van der Waals surface area contributed by atoms with Gasteiger partial charge in [-0.1, -0.05) is 33.6 Å². The fourth-order valence-corrected chi connectivity index (χ4v) is 2.57. The molecule has 0 radical (unpaired) electrons. The van der Waals surface area contributed by atoms with Gasteiger partial charge in [0, 0.05) is 45.1 Å². The second-order valence-corrected chi connectivity index (χ2v) is 5.74. The number of nitrogens with zero attached hydrogens (tertiary/aromatic N) is 4. The van der Waals surface area contributed by atoms with Gasteiger partial charge >= 0.3 is 0 Å². The molecule has 21 heavy (non-hydrogen) atoms. The summed E-state index contributed by atoms with van der Waals surface area (Å²) >= 11 is 0. The normalized spacial score (nSPS) is 15.0. The van der Waals surface area contributed by atoms with Crippen LogP contribution in [0.5, 0.6) is 0 Å². The van der Waals surface area contributed by atoms with E-state index in [1.54, 1.807) is 0 Å². The van der Waals surface area contributed by atoms with Gasteiger partial charge < -0.3 is 10.6 Å². The molecule has 1 aliphatic heterocycles. The number of hydrogen-bond donors (Lipinski definition) is 1. The Labute approximate surface area is 131 Å². The maximum absolute atomic E-state index is 5.66. The van der Waals surface area contributed by atoms with E-state index in [0.717, 1.165) is 39.3 Å². The molecule has 0 aromatic rings. The smallest absolute Gasteiger partial charge is 0.106 e. The zero-order chi connectivity index (χ0) is 15.5. The lowest BCUT2D eigenvalue weighted by atomic mass is 10.3. The molecule has 0 saturated heterocycles. The van der Waals surface area contributed by atoms with Crippen LogP contribution in [0.4, 0.5) is 0 Å². The molecule has 0 atom stereocenters. The van der Waals surface area contributed by atoms with Crippen LogP contribution < -0.4 is 5.73 Å². The van der Waals surface area contributed by atoms with E-state index in [4.69, 9.17) is 5.73 Å². The molecule has 5 nitrogen and oxygen atoms in total. The van der Waals surface area contributed by atoms with Crippen molar-refractivity contribution < 1.29 is 0 Å². The summed E-state index contributed by atoms with van der Waals surface area (Å²) in [6, 6.07) is 0. The summed E-state index contributed by atoms with van der Waals surface area (Å²) in [5.41, 5.74) is 5.66. The van der Waals surface area contributed by atoms with E-state index in [-0.39, 0.29) is 0 Å². The van der Waals surface area contributed by atoms with Gasteiger partial charge in [0.25, 0.3) is 0 Å². The van der Waals surface area contributed by atoms with Gasteiger partial charge in [-0.25, -0.2) is 5.01 Å². The van der Waals surface area contributed by atoms with Crippen molar-refractivity contribution in [2.45, 2.75) is 52.9 Å². The van der Waals surface area contributed by atoms with Crippen molar-refractivity contribution in [1.29, 1.82) is 0 Å². The Morgan fingerprint density at radius 2 is 1.62 bits per heavy atom. The minimum Gasteiger partial charge on any atom is -0.356 e. The van der Waals surface area contributed by atoms with Gasteiger partial charge in [-0.3, -0.25) is 5.01 Å². The van der Waals surface area contributed by atoms with E-state index >= 15 is 0 Å². The predicted molar refractivity (Wildman–Crippen MR) is 90.0 cm³/mol. The lowest BCUT2D eigenvalue weighted by Gasteiger charge is -2.41. The van der Waals surface area contributed by atoms with Gasteiger partial charge in [-0.05, 0) is 19.3 Å². The number of rotatable bonds is 12. The summed E-state index contributed by atoms with van der Waals surface area (Å²) in [5, 5.41) is 7.32. The third-order valence-corrected chi connectivity index (χ3v) is 3.78. The monoisotopic (exact) mass is 297 g/mol. The van der Waals surface area contributed by atoms with Crippen LogP contribution in [-0.4, -0.2) is 59.4 Å². The molecule has 0 aliphatic carbocycles.